The summed E-state index contributed by atoms with van der Waals surface area (Å²) in [5, 5.41) is 2.66. The van der Waals surface area contributed by atoms with Crippen LogP contribution in [0.25, 0.3) is 0 Å². The predicted octanol–water partition coefficient (Wildman–Crippen LogP) is 2.22. The number of amides is 2. The molecule has 0 bridgehead atoms. The van der Waals surface area contributed by atoms with Crippen LogP contribution >= 0.6 is 0 Å². The molecule has 0 fully saturated rings. The van der Waals surface area contributed by atoms with Gasteiger partial charge in [0.05, 0.1) is 23.4 Å². The first kappa shape index (κ1) is 15.5. The minimum absolute atomic E-state index is 0.200. The maximum Gasteiger partial charge on any atom is 0.257 e. The van der Waals surface area contributed by atoms with Crippen molar-refractivity contribution in [3.8, 4) is 5.75 Å². The number of pyridine rings is 1. The van der Waals surface area contributed by atoms with E-state index in [1.54, 1.807) is 30.5 Å². The second kappa shape index (κ2) is 7.21. The van der Waals surface area contributed by atoms with Crippen molar-refractivity contribution in [3.05, 3.63) is 53.9 Å². The predicted molar refractivity (Wildman–Crippen MR) is 82.9 cm³/mol. The van der Waals surface area contributed by atoms with Crippen LogP contribution in [0, 0.1) is 0 Å². The van der Waals surface area contributed by atoms with Crippen LogP contribution < -0.4 is 15.8 Å². The molecule has 0 radical (unpaired) electrons. The molecule has 0 saturated heterocycles. The molecule has 2 amide bonds. The number of hydrogen-bond acceptors (Lipinski definition) is 4. The van der Waals surface area contributed by atoms with Crippen molar-refractivity contribution in [2.24, 2.45) is 5.73 Å². The smallest absolute Gasteiger partial charge is 0.257 e. The molecule has 0 aliphatic heterocycles. The molecule has 0 atom stereocenters. The summed E-state index contributed by atoms with van der Waals surface area (Å²) in [4.78, 5) is 27.6. The molecule has 0 aliphatic rings. The Morgan fingerprint density at radius 3 is 2.77 bits per heavy atom. The standard InChI is InChI=1S/C16H17N3O3/c1-2-8-22-12-5-6-14(13(9-12)15(17)20)19-16(21)11-4-3-7-18-10-11/h3-7,9-10H,2,8H2,1H3,(H2,17,20)(H,19,21). The molecular formula is C16H17N3O3. The van der Waals surface area contributed by atoms with Gasteiger partial charge >= 0.3 is 0 Å². The molecule has 0 unspecified atom stereocenters. The normalized spacial score (nSPS) is 10.0. The van der Waals surface area contributed by atoms with E-state index in [1.807, 2.05) is 6.92 Å². The van der Waals surface area contributed by atoms with Crippen molar-refractivity contribution < 1.29 is 14.3 Å². The molecule has 0 spiro atoms. The fourth-order valence-electron chi connectivity index (χ4n) is 1.84. The van der Waals surface area contributed by atoms with Crippen LogP contribution in [0.15, 0.2) is 42.7 Å². The average molecular weight is 299 g/mol. The number of nitrogens with two attached hydrogens (primary N) is 1. The Hall–Kier alpha value is -2.89. The minimum atomic E-state index is -0.636. The average Bonchev–Trinajstić information content (AvgIpc) is 2.54. The summed E-state index contributed by atoms with van der Waals surface area (Å²) >= 11 is 0. The van der Waals surface area contributed by atoms with Crippen LogP contribution in [-0.4, -0.2) is 23.4 Å². The second-order valence-corrected chi connectivity index (χ2v) is 4.62. The third-order valence-electron chi connectivity index (χ3n) is 2.90. The summed E-state index contributed by atoms with van der Waals surface area (Å²) in [6.07, 6.45) is 3.87. The molecule has 1 heterocycles. The largest absolute Gasteiger partial charge is 0.494 e. The lowest BCUT2D eigenvalue weighted by molar-refractivity contribution is 0.100. The molecule has 3 N–H and O–H groups in total. The zero-order valence-electron chi connectivity index (χ0n) is 12.2. The number of carbonyl (C=O) groups excluding carboxylic acids is 2. The summed E-state index contributed by atoms with van der Waals surface area (Å²) in [5.74, 6) is -0.462. The Bertz CT molecular complexity index is 672. The summed E-state index contributed by atoms with van der Waals surface area (Å²) in [7, 11) is 0. The highest BCUT2D eigenvalue weighted by atomic mass is 16.5. The van der Waals surface area contributed by atoms with E-state index >= 15 is 0 Å². The molecule has 1 aromatic carbocycles. The highest BCUT2D eigenvalue weighted by molar-refractivity contribution is 6.08. The Morgan fingerprint density at radius 2 is 2.14 bits per heavy atom. The summed E-state index contributed by atoms with van der Waals surface area (Å²) in [6.45, 7) is 2.52. The van der Waals surface area contributed by atoms with E-state index in [0.717, 1.165) is 6.42 Å². The number of nitrogens with one attached hydrogen (secondary N) is 1. The Balaban J connectivity index is 2.23. The van der Waals surface area contributed by atoms with Gasteiger partial charge in [-0.2, -0.15) is 0 Å². The summed E-state index contributed by atoms with van der Waals surface area (Å²) in [6, 6.07) is 8.09. The molecule has 1 aromatic heterocycles. The number of primary amides is 1. The molecule has 0 aliphatic carbocycles. The SMILES string of the molecule is CCCOc1ccc(NC(=O)c2cccnc2)c(C(N)=O)c1. The maximum absolute atomic E-state index is 12.1. The van der Waals surface area contributed by atoms with Gasteiger partial charge in [-0.05, 0) is 36.8 Å². The number of benzene rings is 1. The van der Waals surface area contributed by atoms with E-state index in [-0.39, 0.29) is 11.5 Å². The van der Waals surface area contributed by atoms with Crippen LogP contribution in [0.2, 0.25) is 0 Å². The topological polar surface area (TPSA) is 94.3 Å². The second-order valence-electron chi connectivity index (χ2n) is 4.62. The van der Waals surface area contributed by atoms with E-state index < -0.39 is 5.91 Å². The minimum Gasteiger partial charge on any atom is -0.494 e. The number of aromatic nitrogens is 1. The number of ether oxygens (including phenoxy) is 1. The number of hydrogen-bond donors (Lipinski definition) is 2. The Kier molecular flexibility index (Phi) is 5.08. The summed E-state index contributed by atoms with van der Waals surface area (Å²) in [5.41, 5.74) is 6.30. The summed E-state index contributed by atoms with van der Waals surface area (Å²) < 4.78 is 5.46. The third kappa shape index (κ3) is 3.82. The molecule has 2 rings (SSSR count). The van der Waals surface area contributed by atoms with Crippen molar-refractivity contribution in [2.75, 3.05) is 11.9 Å². The lowest BCUT2D eigenvalue weighted by Gasteiger charge is -2.11. The van der Waals surface area contributed by atoms with Gasteiger partial charge in [0, 0.05) is 12.4 Å². The highest BCUT2D eigenvalue weighted by Crippen LogP contribution is 2.22. The Labute approximate surface area is 128 Å². The van der Waals surface area contributed by atoms with E-state index in [2.05, 4.69) is 10.3 Å². The first-order valence-electron chi connectivity index (χ1n) is 6.90. The van der Waals surface area contributed by atoms with Crippen molar-refractivity contribution in [2.45, 2.75) is 13.3 Å². The van der Waals surface area contributed by atoms with Gasteiger partial charge in [-0.3, -0.25) is 14.6 Å². The monoisotopic (exact) mass is 299 g/mol. The molecular weight excluding hydrogens is 282 g/mol. The Morgan fingerprint density at radius 1 is 1.32 bits per heavy atom. The number of nitrogens with zero attached hydrogens (tertiary/aromatic N) is 1. The van der Waals surface area contributed by atoms with Gasteiger partial charge < -0.3 is 15.8 Å². The van der Waals surface area contributed by atoms with Gasteiger partial charge in [0.2, 0.25) is 0 Å². The quantitative estimate of drug-likeness (QED) is 0.855. The fourth-order valence-corrected chi connectivity index (χ4v) is 1.84. The van der Waals surface area contributed by atoms with Crippen molar-refractivity contribution >= 4 is 17.5 Å². The van der Waals surface area contributed by atoms with Crippen LogP contribution in [0.3, 0.4) is 0 Å². The van der Waals surface area contributed by atoms with E-state index in [0.29, 0.717) is 23.6 Å². The van der Waals surface area contributed by atoms with Gasteiger partial charge in [-0.1, -0.05) is 6.92 Å². The maximum atomic E-state index is 12.1. The first-order valence-corrected chi connectivity index (χ1v) is 6.90. The number of carbonyl (C=O) groups is 2. The fraction of sp³-hybridized carbons (Fsp3) is 0.188. The van der Waals surface area contributed by atoms with Gasteiger partial charge in [-0.25, -0.2) is 0 Å². The van der Waals surface area contributed by atoms with E-state index in [9.17, 15) is 9.59 Å². The van der Waals surface area contributed by atoms with Gasteiger partial charge in [0.15, 0.2) is 0 Å². The molecule has 0 saturated carbocycles. The van der Waals surface area contributed by atoms with Crippen molar-refractivity contribution in [3.63, 3.8) is 0 Å². The lowest BCUT2D eigenvalue weighted by Crippen LogP contribution is -2.18. The van der Waals surface area contributed by atoms with Crippen LogP contribution in [0.5, 0.6) is 5.75 Å². The van der Waals surface area contributed by atoms with E-state index in [1.165, 1.54) is 12.3 Å². The lowest BCUT2D eigenvalue weighted by atomic mass is 10.1. The van der Waals surface area contributed by atoms with E-state index in [4.69, 9.17) is 10.5 Å². The van der Waals surface area contributed by atoms with Gasteiger partial charge in [-0.15, -0.1) is 0 Å². The molecule has 6 nitrogen and oxygen atoms in total. The zero-order valence-corrected chi connectivity index (χ0v) is 12.2. The molecule has 6 heteroatoms. The van der Waals surface area contributed by atoms with Crippen molar-refractivity contribution in [1.82, 2.24) is 4.98 Å². The van der Waals surface area contributed by atoms with Gasteiger partial charge in [0.25, 0.3) is 11.8 Å². The molecule has 114 valence electrons. The zero-order chi connectivity index (χ0) is 15.9. The van der Waals surface area contributed by atoms with Crippen LogP contribution in [-0.2, 0) is 0 Å². The number of anilines is 1. The number of rotatable bonds is 6. The van der Waals surface area contributed by atoms with Crippen LogP contribution in [0.4, 0.5) is 5.69 Å². The van der Waals surface area contributed by atoms with Crippen molar-refractivity contribution in [1.29, 1.82) is 0 Å². The molecule has 22 heavy (non-hydrogen) atoms. The molecule has 2 aromatic rings. The van der Waals surface area contributed by atoms with Gasteiger partial charge in [0.1, 0.15) is 5.75 Å². The highest BCUT2D eigenvalue weighted by Gasteiger charge is 2.13. The van der Waals surface area contributed by atoms with Crippen LogP contribution in [0.1, 0.15) is 34.1 Å². The first-order chi connectivity index (χ1) is 10.6. The third-order valence-corrected chi connectivity index (χ3v) is 2.90.